The van der Waals surface area contributed by atoms with Gasteiger partial charge in [0.15, 0.2) is 0 Å². The number of hydrogen-bond acceptors (Lipinski definition) is 3. The molecule has 1 N–H and O–H groups in total. The molecule has 0 radical (unpaired) electrons. The fourth-order valence-corrected chi connectivity index (χ4v) is 3.06. The predicted molar refractivity (Wildman–Crippen MR) is 36.7 cm³/mol. The van der Waals surface area contributed by atoms with Crippen molar-refractivity contribution in [2.75, 3.05) is 6.54 Å². The molecule has 0 atom stereocenters. The van der Waals surface area contributed by atoms with Crippen molar-refractivity contribution < 1.29 is 9.59 Å². The molecule has 0 aromatic carbocycles. The van der Waals surface area contributed by atoms with E-state index in [1.54, 1.807) is 0 Å². The van der Waals surface area contributed by atoms with Crippen LogP contribution >= 0.6 is 0 Å². The zero-order valence-corrected chi connectivity index (χ0v) is 6.09. The second kappa shape index (κ2) is 2.41. The molecule has 0 aromatic rings. The maximum absolute atomic E-state index is 10.3. The van der Waals surface area contributed by atoms with Gasteiger partial charge in [-0.05, 0) is 19.0 Å². The number of hydrogen-bond donors (Lipinski definition) is 1. The van der Waals surface area contributed by atoms with Crippen molar-refractivity contribution in [3.8, 4) is 0 Å². The van der Waals surface area contributed by atoms with E-state index in [2.05, 4.69) is 4.98 Å². The quantitative estimate of drug-likeness (QED) is 0.417. The minimum absolute atomic E-state index is 0.792. The van der Waals surface area contributed by atoms with E-state index in [1.807, 2.05) is 0 Å². The van der Waals surface area contributed by atoms with Crippen LogP contribution in [0.4, 0.5) is 0 Å². The molecule has 1 aliphatic rings. The summed E-state index contributed by atoms with van der Waals surface area (Å²) < 4.78 is 0. The summed E-state index contributed by atoms with van der Waals surface area (Å²) in [7, 11) is -2.19. The van der Waals surface area contributed by atoms with Gasteiger partial charge in [-0.3, -0.25) is 0 Å². The van der Waals surface area contributed by atoms with Gasteiger partial charge in [0.2, 0.25) is 0 Å². The van der Waals surface area contributed by atoms with Crippen LogP contribution in [-0.2, 0) is 9.59 Å². The summed E-state index contributed by atoms with van der Waals surface area (Å²) in [6, 6.07) is 0.792. The van der Waals surface area contributed by atoms with Gasteiger partial charge in [0.05, 0.1) is 0 Å². The van der Waals surface area contributed by atoms with Gasteiger partial charge in [-0.2, -0.15) is 0 Å². The lowest BCUT2D eigenvalue weighted by molar-refractivity contribution is 0.560. The highest BCUT2D eigenvalue weighted by molar-refractivity contribution is 7.17. The first-order chi connectivity index (χ1) is 4.33. The van der Waals surface area contributed by atoms with Gasteiger partial charge < -0.3 is 14.6 Å². The van der Waals surface area contributed by atoms with Gasteiger partial charge in [-0.25, -0.2) is 0 Å². The molecular formula is C5H9NO2Si. The number of carbonyl (C=O) groups excluding carboxylic acids is 2. The average molecular weight is 143 g/mol. The SMILES string of the molecule is O=C[Si]1(C=O)CCCN1. The van der Waals surface area contributed by atoms with Crippen LogP contribution in [0.1, 0.15) is 6.42 Å². The molecule has 0 saturated carbocycles. The van der Waals surface area contributed by atoms with E-state index in [4.69, 9.17) is 0 Å². The minimum Gasteiger partial charge on any atom is -0.326 e. The van der Waals surface area contributed by atoms with Crippen molar-refractivity contribution in [1.29, 1.82) is 0 Å². The summed E-state index contributed by atoms with van der Waals surface area (Å²) in [5, 5.41) is 0. The molecule has 1 heterocycles. The van der Waals surface area contributed by atoms with Gasteiger partial charge in [0.25, 0.3) is 8.24 Å². The lowest BCUT2D eigenvalue weighted by Crippen LogP contribution is -2.49. The second-order valence-corrected chi connectivity index (χ2v) is 5.71. The zero-order chi connectivity index (χ0) is 6.74. The van der Waals surface area contributed by atoms with Gasteiger partial charge in [-0.1, -0.05) is 0 Å². The highest BCUT2D eigenvalue weighted by Crippen LogP contribution is 2.09. The molecule has 0 aliphatic carbocycles. The summed E-state index contributed by atoms with van der Waals surface area (Å²) in [4.78, 5) is 23.6. The average Bonchev–Trinajstić information content (AvgIpc) is 2.36. The summed E-state index contributed by atoms with van der Waals surface area (Å²) >= 11 is 0. The van der Waals surface area contributed by atoms with Crippen LogP contribution in [0.2, 0.25) is 6.04 Å². The third-order valence-electron chi connectivity index (χ3n) is 1.64. The van der Waals surface area contributed by atoms with Gasteiger partial charge in [0, 0.05) is 0 Å². The van der Waals surface area contributed by atoms with E-state index < -0.39 is 8.24 Å². The molecule has 0 aromatic heterocycles. The van der Waals surface area contributed by atoms with E-state index in [1.165, 1.54) is 0 Å². The third-order valence-corrected chi connectivity index (χ3v) is 4.57. The van der Waals surface area contributed by atoms with E-state index >= 15 is 0 Å². The molecule has 1 fully saturated rings. The Bertz CT molecular complexity index is 121. The molecule has 0 amide bonds. The molecule has 1 rings (SSSR count). The van der Waals surface area contributed by atoms with Crippen molar-refractivity contribution in [1.82, 2.24) is 4.98 Å². The van der Waals surface area contributed by atoms with Crippen molar-refractivity contribution >= 4 is 20.1 Å². The normalized spacial score (nSPS) is 23.6. The highest BCUT2D eigenvalue weighted by Gasteiger charge is 2.36. The van der Waals surface area contributed by atoms with Crippen molar-refractivity contribution in [3.05, 3.63) is 0 Å². The molecule has 0 bridgehead atoms. The first kappa shape index (κ1) is 6.63. The monoisotopic (exact) mass is 143 g/mol. The van der Waals surface area contributed by atoms with Crippen molar-refractivity contribution in [3.63, 3.8) is 0 Å². The Morgan fingerprint density at radius 2 is 2.00 bits per heavy atom. The van der Waals surface area contributed by atoms with Crippen LogP contribution in [0, 0.1) is 0 Å². The van der Waals surface area contributed by atoms with Crippen LogP contribution in [0.15, 0.2) is 0 Å². The second-order valence-electron chi connectivity index (χ2n) is 2.31. The molecule has 0 spiro atoms. The maximum atomic E-state index is 10.3. The maximum Gasteiger partial charge on any atom is 0.266 e. The number of nitrogens with one attached hydrogen (secondary N) is 1. The van der Waals surface area contributed by atoms with Crippen molar-refractivity contribution in [2.45, 2.75) is 12.5 Å². The molecule has 50 valence electrons. The van der Waals surface area contributed by atoms with Gasteiger partial charge in [0.1, 0.15) is 11.8 Å². The molecule has 1 saturated heterocycles. The summed E-state index contributed by atoms with van der Waals surface area (Å²) in [5.41, 5.74) is 0. The Labute approximate surface area is 54.5 Å². The van der Waals surface area contributed by atoms with Gasteiger partial charge in [-0.15, -0.1) is 0 Å². The van der Waals surface area contributed by atoms with Crippen LogP contribution in [-0.4, -0.2) is 26.6 Å². The third kappa shape index (κ3) is 1.09. The minimum atomic E-state index is -2.19. The molecular weight excluding hydrogens is 134 g/mol. The molecule has 3 nitrogen and oxygen atoms in total. The van der Waals surface area contributed by atoms with Crippen LogP contribution in [0.3, 0.4) is 0 Å². The Hall–Kier alpha value is -0.483. The Morgan fingerprint density at radius 3 is 2.22 bits per heavy atom. The topological polar surface area (TPSA) is 46.2 Å². The number of carbonyl (C=O) groups is 2. The number of rotatable bonds is 2. The molecule has 0 unspecified atom stereocenters. The summed E-state index contributed by atoms with van der Waals surface area (Å²) in [5.74, 6) is 1.65. The summed E-state index contributed by atoms with van der Waals surface area (Å²) in [6.45, 7) is 0.837. The Balaban J connectivity index is 2.66. The van der Waals surface area contributed by atoms with E-state index in [0.717, 1.165) is 30.8 Å². The predicted octanol–water partition coefficient (Wildman–Crippen LogP) is -0.531. The van der Waals surface area contributed by atoms with E-state index in [-0.39, 0.29) is 0 Å². The lowest BCUT2D eigenvalue weighted by atomic mass is 10.5. The smallest absolute Gasteiger partial charge is 0.266 e. The van der Waals surface area contributed by atoms with Crippen LogP contribution in [0.5, 0.6) is 0 Å². The lowest BCUT2D eigenvalue weighted by Gasteiger charge is -2.07. The summed E-state index contributed by atoms with van der Waals surface area (Å²) in [6.07, 6.45) is 0.976. The van der Waals surface area contributed by atoms with Crippen LogP contribution in [0.25, 0.3) is 0 Å². The first-order valence-corrected chi connectivity index (χ1v) is 5.37. The van der Waals surface area contributed by atoms with E-state index in [9.17, 15) is 9.59 Å². The Morgan fingerprint density at radius 1 is 1.33 bits per heavy atom. The fourth-order valence-electron chi connectivity index (χ4n) is 1.02. The highest BCUT2D eigenvalue weighted by atomic mass is 28.3. The largest absolute Gasteiger partial charge is 0.326 e. The van der Waals surface area contributed by atoms with Crippen LogP contribution < -0.4 is 4.98 Å². The Kier molecular flexibility index (Phi) is 1.77. The standard InChI is InChI=1S/C5H9NO2Si/c7-4-9(5-8)3-1-2-6-9/h4-6H,1-3H2. The van der Waals surface area contributed by atoms with Gasteiger partial charge >= 0.3 is 0 Å². The van der Waals surface area contributed by atoms with Crippen molar-refractivity contribution in [2.24, 2.45) is 0 Å². The fraction of sp³-hybridized carbons (Fsp3) is 0.600. The molecule has 1 aliphatic heterocycles. The molecule has 9 heavy (non-hydrogen) atoms. The molecule has 4 heteroatoms. The van der Waals surface area contributed by atoms with E-state index in [0.29, 0.717) is 0 Å². The zero-order valence-electron chi connectivity index (χ0n) is 5.09. The first-order valence-electron chi connectivity index (χ1n) is 3.01.